The number of hydrogen-bond acceptors (Lipinski definition) is 2. The number of unbranched alkanes of at least 4 members (excludes halogenated alkanes) is 1. The van der Waals surface area contributed by atoms with Gasteiger partial charge in [-0.15, -0.1) is 0 Å². The molecule has 1 aliphatic rings. The van der Waals surface area contributed by atoms with Crippen LogP contribution in [0.5, 0.6) is 0 Å². The first kappa shape index (κ1) is 9.01. The first-order chi connectivity index (χ1) is 5.36. The Bertz CT molecular complexity index is 104. The predicted octanol–water partition coefficient (Wildman–Crippen LogP) is 1.07. The minimum Gasteiger partial charge on any atom is -0.330 e. The lowest BCUT2D eigenvalue weighted by Crippen LogP contribution is -2.24. The van der Waals surface area contributed by atoms with Crippen LogP contribution in [-0.4, -0.2) is 31.1 Å². The number of nitrogens with zero attached hydrogens (tertiary/aromatic N) is 1. The van der Waals surface area contributed by atoms with Crippen molar-refractivity contribution >= 4 is 0 Å². The molecule has 0 aliphatic carbocycles. The lowest BCUT2D eigenvalue weighted by molar-refractivity contribution is 0.319. The van der Waals surface area contributed by atoms with Crippen molar-refractivity contribution < 1.29 is 0 Å². The van der Waals surface area contributed by atoms with E-state index in [1.165, 1.54) is 38.9 Å². The third kappa shape index (κ3) is 2.80. The minimum absolute atomic E-state index is 0.784. The van der Waals surface area contributed by atoms with Gasteiger partial charge in [-0.1, -0.05) is 13.3 Å². The van der Waals surface area contributed by atoms with E-state index in [4.69, 9.17) is 5.73 Å². The largest absolute Gasteiger partial charge is 0.330 e. The van der Waals surface area contributed by atoms with Crippen LogP contribution in [0.2, 0.25) is 0 Å². The van der Waals surface area contributed by atoms with Gasteiger partial charge in [0.25, 0.3) is 0 Å². The van der Waals surface area contributed by atoms with Crippen LogP contribution >= 0.6 is 0 Å². The van der Waals surface area contributed by atoms with E-state index in [0.29, 0.717) is 0 Å². The Morgan fingerprint density at radius 3 is 2.91 bits per heavy atom. The van der Waals surface area contributed by atoms with Crippen LogP contribution in [0.4, 0.5) is 0 Å². The van der Waals surface area contributed by atoms with Gasteiger partial charge in [0, 0.05) is 6.54 Å². The molecule has 0 unspecified atom stereocenters. The van der Waals surface area contributed by atoms with Crippen molar-refractivity contribution in [1.82, 2.24) is 4.90 Å². The van der Waals surface area contributed by atoms with E-state index in [-0.39, 0.29) is 0 Å². The first-order valence-electron chi connectivity index (χ1n) is 4.79. The zero-order chi connectivity index (χ0) is 8.10. The molecule has 1 fully saturated rings. The molecule has 2 heteroatoms. The van der Waals surface area contributed by atoms with Crippen molar-refractivity contribution in [2.75, 3.05) is 26.2 Å². The van der Waals surface area contributed by atoms with Crippen molar-refractivity contribution in [3.63, 3.8) is 0 Å². The van der Waals surface area contributed by atoms with Crippen LogP contribution in [0.3, 0.4) is 0 Å². The maximum absolute atomic E-state index is 5.60. The van der Waals surface area contributed by atoms with Crippen LogP contribution in [0, 0.1) is 5.92 Å². The predicted molar refractivity (Wildman–Crippen MR) is 48.5 cm³/mol. The second-order valence-electron chi connectivity index (χ2n) is 3.54. The second kappa shape index (κ2) is 4.73. The lowest BCUT2D eigenvalue weighted by atomic mass is 10.1. The van der Waals surface area contributed by atoms with Gasteiger partial charge in [-0.25, -0.2) is 0 Å². The van der Waals surface area contributed by atoms with Crippen LogP contribution in [0.1, 0.15) is 26.2 Å². The number of hydrogen-bond donors (Lipinski definition) is 1. The molecule has 0 aromatic heterocycles. The molecule has 0 aromatic rings. The summed E-state index contributed by atoms with van der Waals surface area (Å²) in [4.78, 5) is 2.54. The fourth-order valence-corrected chi connectivity index (χ4v) is 1.69. The zero-order valence-corrected chi connectivity index (χ0v) is 7.55. The highest BCUT2D eigenvalue weighted by Crippen LogP contribution is 2.14. The van der Waals surface area contributed by atoms with Crippen LogP contribution in [-0.2, 0) is 0 Å². The molecule has 2 nitrogen and oxygen atoms in total. The summed E-state index contributed by atoms with van der Waals surface area (Å²) in [6, 6.07) is 0. The van der Waals surface area contributed by atoms with E-state index in [0.717, 1.165) is 12.5 Å². The van der Waals surface area contributed by atoms with Crippen molar-refractivity contribution in [1.29, 1.82) is 0 Å². The van der Waals surface area contributed by atoms with Crippen LogP contribution in [0.15, 0.2) is 0 Å². The lowest BCUT2D eigenvalue weighted by Gasteiger charge is -2.14. The summed E-state index contributed by atoms with van der Waals surface area (Å²) >= 11 is 0. The van der Waals surface area contributed by atoms with E-state index < -0.39 is 0 Å². The summed E-state index contributed by atoms with van der Waals surface area (Å²) in [5.41, 5.74) is 5.60. The second-order valence-corrected chi connectivity index (χ2v) is 3.54. The Kier molecular flexibility index (Phi) is 3.87. The molecule has 2 N–H and O–H groups in total. The maximum atomic E-state index is 5.60. The molecule has 1 heterocycles. The molecule has 1 saturated heterocycles. The van der Waals surface area contributed by atoms with E-state index in [9.17, 15) is 0 Å². The monoisotopic (exact) mass is 156 g/mol. The Morgan fingerprint density at radius 2 is 2.36 bits per heavy atom. The quantitative estimate of drug-likeness (QED) is 0.659. The summed E-state index contributed by atoms with van der Waals surface area (Å²) < 4.78 is 0. The van der Waals surface area contributed by atoms with Crippen molar-refractivity contribution in [2.45, 2.75) is 26.2 Å². The van der Waals surface area contributed by atoms with Gasteiger partial charge in [-0.2, -0.15) is 0 Å². The molecule has 0 amide bonds. The Balaban J connectivity index is 2.09. The molecule has 1 aliphatic heterocycles. The van der Waals surface area contributed by atoms with Gasteiger partial charge < -0.3 is 10.6 Å². The molecule has 0 aromatic carbocycles. The third-order valence-electron chi connectivity index (χ3n) is 2.53. The Hall–Kier alpha value is -0.0800. The Labute approximate surface area is 69.8 Å². The van der Waals surface area contributed by atoms with E-state index in [1.54, 1.807) is 0 Å². The Morgan fingerprint density at radius 1 is 1.55 bits per heavy atom. The third-order valence-corrected chi connectivity index (χ3v) is 2.53. The molecule has 11 heavy (non-hydrogen) atoms. The summed E-state index contributed by atoms with van der Waals surface area (Å²) in [5, 5.41) is 0. The highest BCUT2D eigenvalue weighted by atomic mass is 15.1. The van der Waals surface area contributed by atoms with Crippen molar-refractivity contribution in [2.24, 2.45) is 11.7 Å². The molecule has 1 atom stereocenters. The topological polar surface area (TPSA) is 29.3 Å². The smallest absolute Gasteiger partial charge is 0.00222 e. The maximum Gasteiger partial charge on any atom is 0.00222 e. The standard InChI is InChI=1S/C9H20N2/c1-2-3-5-11-6-4-9(7-10)8-11/h9H,2-8,10H2,1H3/t9-/m1/s1. The highest BCUT2D eigenvalue weighted by molar-refractivity contribution is 4.75. The zero-order valence-electron chi connectivity index (χ0n) is 7.55. The van der Waals surface area contributed by atoms with Gasteiger partial charge in [0.2, 0.25) is 0 Å². The molecular weight excluding hydrogens is 136 g/mol. The SMILES string of the molecule is CCCCN1CC[C@H](CN)C1. The van der Waals surface area contributed by atoms with Gasteiger partial charge in [0.15, 0.2) is 0 Å². The first-order valence-corrected chi connectivity index (χ1v) is 4.79. The normalized spacial score (nSPS) is 26.2. The molecule has 66 valence electrons. The average molecular weight is 156 g/mol. The van der Waals surface area contributed by atoms with E-state index in [1.807, 2.05) is 0 Å². The summed E-state index contributed by atoms with van der Waals surface area (Å²) in [7, 11) is 0. The van der Waals surface area contributed by atoms with Gasteiger partial charge >= 0.3 is 0 Å². The van der Waals surface area contributed by atoms with Crippen molar-refractivity contribution in [3.8, 4) is 0 Å². The molecule has 1 rings (SSSR count). The fraction of sp³-hybridized carbons (Fsp3) is 1.00. The molecular formula is C9H20N2. The van der Waals surface area contributed by atoms with E-state index in [2.05, 4.69) is 11.8 Å². The van der Waals surface area contributed by atoms with Gasteiger partial charge in [0.1, 0.15) is 0 Å². The average Bonchev–Trinajstić information content (AvgIpc) is 2.48. The number of rotatable bonds is 4. The highest BCUT2D eigenvalue weighted by Gasteiger charge is 2.19. The molecule has 0 spiro atoms. The minimum atomic E-state index is 0.784. The van der Waals surface area contributed by atoms with Gasteiger partial charge in [-0.05, 0) is 38.4 Å². The van der Waals surface area contributed by atoms with Crippen LogP contribution < -0.4 is 5.73 Å². The number of nitrogens with two attached hydrogens (primary N) is 1. The van der Waals surface area contributed by atoms with Crippen LogP contribution in [0.25, 0.3) is 0 Å². The molecule has 0 bridgehead atoms. The summed E-state index contributed by atoms with van der Waals surface area (Å²) in [5.74, 6) is 0.784. The molecule has 0 saturated carbocycles. The fourth-order valence-electron chi connectivity index (χ4n) is 1.69. The number of likely N-dealkylation sites (tertiary alicyclic amines) is 1. The van der Waals surface area contributed by atoms with Gasteiger partial charge in [0.05, 0.1) is 0 Å². The van der Waals surface area contributed by atoms with E-state index >= 15 is 0 Å². The van der Waals surface area contributed by atoms with Gasteiger partial charge in [-0.3, -0.25) is 0 Å². The molecule has 0 radical (unpaired) electrons. The summed E-state index contributed by atoms with van der Waals surface area (Å²) in [6.07, 6.45) is 3.97. The van der Waals surface area contributed by atoms with Crippen molar-refractivity contribution in [3.05, 3.63) is 0 Å². The summed E-state index contributed by atoms with van der Waals surface area (Å²) in [6.45, 7) is 6.93.